The van der Waals surface area contributed by atoms with E-state index in [0.717, 1.165) is 12.1 Å². The fourth-order valence-electron chi connectivity index (χ4n) is 3.88. The number of nitrogens with zero attached hydrogens (tertiary/aromatic N) is 1. The highest BCUT2D eigenvalue weighted by atomic mass is 35.5. The number of carbonyl (C=O) groups excluding carboxylic acids is 1. The Kier molecular flexibility index (Phi) is 9.40. The van der Waals surface area contributed by atoms with Crippen molar-refractivity contribution in [2.24, 2.45) is 0 Å². The first kappa shape index (κ1) is 29.4. The van der Waals surface area contributed by atoms with E-state index < -0.39 is 44.9 Å². The average Bonchev–Trinajstić information content (AvgIpc) is 3.30. The van der Waals surface area contributed by atoms with E-state index in [0.29, 0.717) is 29.6 Å². The Hall–Kier alpha value is -3.15. The number of ether oxygens (including phenoxy) is 2. The normalized spacial score (nSPS) is 22.2. The van der Waals surface area contributed by atoms with Crippen molar-refractivity contribution in [3.8, 4) is 0 Å². The molecule has 1 aromatic rings. The molecular weight excluding hydrogens is 540 g/mol. The average molecular weight is 570 g/mol. The number of rotatable bonds is 6. The van der Waals surface area contributed by atoms with Gasteiger partial charge in [0.1, 0.15) is 30.5 Å². The Morgan fingerprint density at radius 2 is 1.97 bits per heavy atom. The van der Waals surface area contributed by atoms with Crippen LogP contribution in [0.15, 0.2) is 69.6 Å². The molecule has 0 aliphatic carbocycles. The molecular formula is C26H30ClF2N3O5S. The largest absolute Gasteiger partial charge is 0.493 e. The van der Waals surface area contributed by atoms with Crippen LogP contribution in [-0.4, -0.2) is 51.6 Å². The topological polar surface area (TPSA) is 97.0 Å². The smallest absolute Gasteiger partial charge is 0.257 e. The molecule has 0 spiro atoms. The summed E-state index contributed by atoms with van der Waals surface area (Å²) in [5.74, 6) is -2.96. The van der Waals surface area contributed by atoms with Crippen molar-refractivity contribution < 1.29 is 31.5 Å². The number of hydrogen-bond acceptors (Lipinski definition) is 7. The standard InChI is InChI=1S/C24H24ClF2N3O5S.C2H6/c1-13(4-7-20-14(2)34-8-9-35-20)36(32,33)29-19-6-5-18(26)21(22(19)27)23(31)17-11-28-24-16(17)10-15(25)12-30(24)3;1-2/h4-7,10-12,14,24,28-29H,8-9H2,1-3H3;1-2H3/b13-4+,20-7+;. The molecule has 1 fully saturated rings. The van der Waals surface area contributed by atoms with Gasteiger partial charge in [0, 0.05) is 30.6 Å². The van der Waals surface area contributed by atoms with Gasteiger partial charge in [0.05, 0.1) is 27.8 Å². The van der Waals surface area contributed by atoms with Gasteiger partial charge in [0.15, 0.2) is 5.82 Å². The van der Waals surface area contributed by atoms with Crippen molar-refractivity contribution in [1.29, 1.82) is 0 Å². The Bertz CT molecular complexity index is 1370. The lowest BCUT2D eigenvalue weighted by molar-refractivity contribution is -0.0335. The fraction of sp³-hybridized carbons (Fsp3) is 0.346. The van der Waals surface area contributed by atoms with Crippen molar-refractivity contribution >= 4 is 33.1 Å². The highest BCUT2D eigenvalue weighted by Gasteiger charge is 2.35. The molecule has 4 rings (SSSR count). The highest BCUT2D eigenvalue weighted by Crippen LogP contribution is 2.33. The Labute approximate surface area is 226 Å². The molecule has 0 amide bonds. The van der Waals surface area contributed by atoms with Crippen LogP contribution < -0.4 is 10.0 Å². The molecule has 3 aliphatic rings. The van der Waals surface area contributed by atoms with Crippen molar-refractivity contribution in [3.05, 3.63) is 86.8 Å². The second kappa shape index (κ2) is 12.1. The van der Waals surface area contributed by atoms with Gasteiger partial charge < -0.3 is 19.7 Å². The molecule has 3 aliphatic heterocycles. The highest BCUT2D eigenvalue weighted by molar-refractivity contribution is 7.96. The van der Waals surface area contributed by atoms with Gasteiger partial charge in [0.25, 0.3) is 10.0 Å². The van der Waals surface area contributed by atoms with Gasteiger partial charge in [-0.15, -0.1) is 0 Å². The Morgan fingerprint density at radius 3 is 2.66 bits per heavy atom. The maximum absolute atomic E-state index is 15.4. The van der Waals surface area contributed by atoms with Crippen molar-refractivity contribution in [1.82, 2.24) is 10.2 Å². The molecule has 206 valence electrons. The third kappa shape index (κ3) is 6.11. The second-order valence-electron chi connectivity index (χ2n) is 8.33. The lowest BCUT2D eigenvalue weighted by atomic mass is 9.95. The summed E-state index contributed by atoms with van der Waals surface area (Å²) in [5.41, 5.74) is -0.998. The number of fused-ring (bicyclic) bond motifs is 1. The van der Waals surface area contributed by atoms with Gasteiger partial charge in [-0.1, -0.05) is 25.4 Å². The van der Waals surface area contributed by atoms with E-state index >= 15 is 4.39 Å². The van der Waals surface area contributed by atoms with Gasteiger partial charge in [0.2, 0.25) is 5.78 Å². The lowest BCUT2D eigenvalue weighted by Gasteiger charge is -2.28. The molecule has 0 saturated carbocycles. The number of sulfonamides is 1. The van der Waals surface area contributed by atoms with Gasteiger partial charge in [-0.3, -0.25) is 9.52 Å². The fourth-order valence-corrected chi connectivity index (χ4v) is 5.01. The number of halogens is 3. The van der Waals surface area contributed by atoms with Crippen LogP contribution in [0.3, 0.4) is 0 Å². The maximum Gasteiger partial charge on any atom is 0.257 e. The molecule has 0 bridgehead atoms. The summed E-state index contributed by atoms with van der Waals surface area (Å²) in [6.45, 7) is 7.83. The zero-order valence-corrected chi connectivity index (χ0v) is 23.2. The van der Waals surface area contributed by atoms with E-state index in [1.165, 1.54) is 31.4 Å². The molecule has 0 radical (unpaired) electrons. The van der Waals surface area contributed by atoms with Crippen LogP contribution in [0, 0.1) is 11.6 Å². The molecule has 3 heterocycles. The van der Waals surface area contributed by atoms with Crippen molar-refractivity contribution in [2.75, 3.05) is 25.0 Å². The molecule has 1 aromatic carbocycles. The quantitative estimate of drug-likeness (QED) is 0.470. The zero-order chi connectivity index (χ0) is 28.2. The summed E-state index contributed by atoms with van der Waals surface area (Å²) in [6, 6.07) is 1.75. The first-order valence-corrected chi connectivity index (χ1v) is 13.8. The third-order valence-corrected chi connectivity index (χ3v) is 7.53. The number of nitrogens with one attached hydrogen (secondary N) is 2. The Morgan fingerprint density at radius 1 is 1.26 bits per heavy atom. The molecule has 2 unspecified atom stereocenters. The van der Waals surface area contributed by atoms with Crippen molar-refractivity contribution in [2.45, 2.75) is 40.0 Å². The minimum atomic E-state index is -4.24. The summed E-state index contributed by atoms with van der Waals surface area (Å²) in [4.78, 5) is 14.7. The van der Waals surface area contributed by atoms with E-state index in [-0.39, 0.29) is 16.6 Å². The zero-order valence-electron chi connectivity index (χ0n) is 21.6. The summed E-state index contributed by atoms with van der Waals surface area (Å²) in [6.07, 6.45) is 6.50. The van der Waals surface area contributed by atoms with Gasteiger partial charge in [-0.2, -0.15) is 0 Å². The van der Waals surface area contributed by atoms with Crippen LogP contribution in [0.5, 0.6) is 0 Å². The van der Waals surface area contributed by atoms with Gasteiger partial charge >= 0.3 is 0 Å². The van der Waals surface area contributed by atoms with Gasteiger partial charge in [-0.25, -0.2) is 17.2 Å². The molecule has 0 aromatic heterocycles. The van der Waals surface area contributed by atoms with Crippen LogP contribution in [0.1, 0.15) is 38.1 Å². The van der Waals surface area contributed by atoms with Crippen molar-refractivity contribution in [3.63, 3.8) is 0 Å². The first-order chi connectivity index (χ1) is 18.0. The lowest BCUT2D eigenvalue weighted by Crippen LogP contribution is -2.38. The Balaban J connectivity index is 0.00000195. The summed E-state index contributed by atoms with van der Waals surface area (Å²) >= 11 is 6.10. The molecule has 38 heavy (non-hydrogen) atoms. The van der Waals surface area contributed by atoms with Gasteiger partial charge in [-0.05, 0) is 44.2 Å². The summed E-state index contributed by atoms with van der Waals surface area (Å²) < 4.78 is 68.6. The number of allylic oxidation sites excluding steroid dienone is 5. The van der Waals surface area contributed by atoms with E-state index in [9.17, 15) is 17.6 Å². The molecule has 1 saturated heterocycles. The minimum Gasteiger partial charge on any atom is -0.493 e. The molecule has 8 nitrogen and oxygen atoms in total. The van der Waals surface area contributed by atoms with Crippen LogP contribution in [0.2, 0.25) is 0 Å². The van der Waals surface area contributed by atoms with E-state index in [2.05, 4.69) is 10.0 Å². The van der Waals surface area contributed by atoms with Crippen LogP contribution >= 0.6 is 11.6 Å². The number of Topliss-reactive ketones (excluding diaryl/α,β-unsaturated/α-hetero) is 1. The third-order valence-electron chi connectivity index (χ3n) is 5.85. The number of carbonyl (C=O) groups is 1. The predicted molar refractivity (Wildman–Crippen MR) is 143 cm³/mol. The monoisotopic (exact) mass is 569 g/mol. The molecule has 12 heteroatoms. The van der Waals surface area contributed by atoms with Crippen LogP contribution in [-0.2, 0) is 19.5 Å². The molecule has 2 atom stereocenters. The number of ketones is 1. The number of likely N-dealkylation sites (N-methyl/N-ethyl adjacent to an activating group) is 1. The summed E-state index contributed by atoms with van der Waals surface area (Å²) in [5, 5.41) is 3.30. The van der Waals surface area contributed by atoms with E-state index in [4.69, 9.17) is 21.1 Å². The van der Waals surface area contributed by atoms with E-state index in [1.54, 1.807) is 25.1 Å². The number of benzene rings is 1. The second-order valence-corrected chi connectivity index (χ2v) is 10.6. The van der Waals surface area contributed by atoms with Crippen LogP contribution in [0.4, 0.5) is 14.5 Å². The summed E-state index contributed by atoms with van der Waals surface area (Å²) in [7, 11) is -2.51. The maximum atomic E-state index is 15.4. The SMILES string of the molecule is C/C(=C\C=C1\OCCOC1C)S(=O)(=O)Nc1ccc(F)c(C(=O)C2=CNC3C2=CC(Cl)=CN3C)c1F.CC. The number of hydrogen-bond donors (Lipinski definition) is 2. The number of anilines is 1. The van der Waals surface area contributed by atoms with Crippen LogP contribution in [0.25, 0.3) is 0 Å². The molecule has 2 N–H and O–H groups in total. The predicted octanol–water partition coefficient (Wildman–Crippen LogP) is 4.90. The minimum absolute atomic E-state index is 0.0161. The van der Waals surface area contributed by atoms with E-state index in [1.807, 2.05) is 13.8 Å². The first-order valence-electron chi connectivity index (χ1n) is 12.0.